The van der Waals surface area contributed by atoms with E-state index in [1.54, 1.807) is 23.8 Å². The Labute approximate surface area is 172 Å². The van der Waals surface area contributed by atoms with E-state index >= 15 is 0 Å². The third-order valence-corrected chi connectivity index (χ3v) is 5.09. The molecule has 0 radical (unpaired) electrons. The van der Waals surface area contributed by atoms with Crippen LogP contribution in [0.5, 0.6) is 5.75 Å². The van der Waals surface area contributed by atoms with Crippen LogP contribution < -0.4 is 10.1 Å². The number of carbonyl (C=O) groups is 1. The molecular weight excluding hydrogens is 384 g/mol. The van der Waals surface area contributed by atoms with Crippen LogP contribution in [0.2, 0.25) is 0 Å². The second kappa shape index (κ2) is 8.70. The molecule has 0 unspecified atom stereocenters. The Morgan fingerprint density at radius 3 is 2.76 bits per heavy atom. The van der Waals surface area contributed by atoms with Gasteiger partial charge in [0.1, 0.15) is 18.2 Å². The fourth-order valence-electron chi connectivity index (χ4n) is 2.86. The number of nitrogens with one attached hydrogen (secondary N) is 1. The fourth-order valence-corrected chi connectivity index (χ4v) is 3.40. The molecule has 0 aliphatic heterocycles. The molecule has 6 nitrogen and oxygen atoms in total. The number of anilines is 1. The van der Waals surface area contributed by atoms with Crippen molar-refractivity contribution in [2.45, 2.75) is 20.1 Å². The molecular formula is C22H20N4O2S. The molecule has 4 aromatic rings. The molecule has 2 aromatic heterocycles. The van der Waals surface area contributed by atoms with E-state index in [0.717, 1.165) is 29.3 Å². The Morgan fingerprint density at radius 2 is 2.03 bits per heavy atom. The summed E-state index contributed by atoms with van der Waals surface area (Å²) in [4.78, 5) is 21.0. The fraction of sp³-hybridized carbons (Fsp3) is 0.136. The largest absolute Gasteiger partial charge is 0.487 e. The lowest BCUT2D eigenvalue weighted by Crippen LogP contribution is -2.12. The van der Waals surface area contributed by atoms with E-state index in [0.29, 0.717) is 17.9 Å². The minimum absolute atomic E-state index is 0.178. The highest BCUT2D eigenvalue weighted by Gasteiger charge is 2.08. The lowest BCUT2D eigenvalue weighted by atomic mass is 10.1. The molecule has 4 rings (SSSR count). The van der Waals surface area contributed by atoms with Crippen LogP contribution in [0.1, 0.15) is 27.4 Å². The lowest BCUT2D eigenvalue weighted by molar-refractivity contribution is 0.102. The van der Waals surface area contributed by atoms with Crippen LogP contribution in [0, 0.1) is 6.92 Å². The van der Waals surface area contributed by atoms with Crippen molar-refractivity contribution < 1.29 is 9.53 Å². The van der Waals surface area contributed by atoms with Gasteiger partial charge in [0.2, 0.25) is 0 Å². The molecule has 7 heteroatoms. The zero-order chi connectivity index (χ0) is 20.1. The van der Waals surface area contributed by atoms with Crippen LogP contribution in [0.15, 0.2) is 71.8 Å². The zero-order valence-corrected chi connectivity index (χ0v) is 16.7. The third-order valence-electron chi connectivity index (χ3n) is 4.45. The predicted molar refractivity (Wildman–Crippen MR) is 113 cm³/mol. The molecule has 0 aliphatic carbocycles. The number of benzene rings is 2. The first-order valence-corrected chi connectivity index (χ1v) is 10.1. The van der Waals surface area contributed by atoms with E-state index < -0.39 is 0 Å². The Balaban J connectivity index is 1.37. The van der Waals surface area contributed by atoms with E-state index in [2.05, 4.69) is 19.9 Å². The maximum absolute atomic E-state index is 12.6. The summed E-state index contributed by atoms with van der Waals surface area (Å²) in [7, 11) is 0. The summed E-state index contributed by atoms with van der Waals surface area (Å²) < 4.78 is 7.80. The molecule has 0 saturated carbocycles. The van der Waals surface area contributed by atoms with Gasteiger partial charge in [0.05, 0.1) is 11.2 Å². The van der Waals surface area contributed by atoms with E-state index in [9.17, 15) is 4.79 Å². The van der Waals surface area contributed by atoms with Gasteiger partial charge < -0.3 is 14.6 Å². The summed E-state index contributed by atoms with van der Waals surface area (Å²) in [5.74, 6) is 1.43. The Bertz CT molecular complexity index is 1090. The molecule has 2 heterocycles. The minimum atomic E-state index is -0.178. The van der Waals surface area contributed by atoms with Crippen molar-refractivity contribution in [1.82, 2.24) is 14.5 Å². The number of carbonyl (C=O) groups excluding carboxylic acids is 1. The molecule has 1 N–H and O–H groups in total. The molecule has 146 valence electrons. The third kappa shape index (κ3) is 4.89. The molecule has 0 aliphatic rings. The van der Waals surface area contributed by atoms with Crippen LogP contribution in [-0.2, 0) is 13.2 Å². The Hall–Kier alpha value is -3.45. The molecule has 0 bridgehead atoms. The van der Waals surface area contributed by atoms with Crippen molar-refractivity contribution in [3.05, 3.63) is 94.5 Å². The van der Waals surface area contributed by atoms with Gasteiger partial charge in [-0.2, -0.15) is 0 Å². The number of rotatable bonds is 7. The lowest BCUT2D eigenvalue weighted by Gasteiger charge is -2.09. The first-order valence-electron chi connectivity index (χ1n) is 9.15. The topological polar surface area (TPSA) is 69.0 Å². The molecule has 1 amide bonds. The maximum atomic E-state index is 12.6. The van der Waals surface area contributed by atoms with Crippen molar-refractivity contribution in [3.8, 4) is 5.75 Å². The van der Waals surface area contributed by atoms with Crippen LogP contribution in [-0.4, -0.2) is 20.4 Å². The van der Waals surface area contributed by atoms with Crippen molar-refractivity contribution in [3.63, 3.8) is 0 Å². The summed E-state index contributed by atoms with van der Waals surface area (Å²) >= 11 is 1.53. The number of hydrogen-bond donors (Lipinski definition) is 1. The summed E-state index contributed by atoms with van der Waals surface area (Å²) in [6.45, 7) is 3.11. The van der Waals surface area contributed by atoms with Gasteiger partial charge in [0.25, 0.3) is 5.91 Å². The van der Waals surface area contributed by atoms with Gasteiger partial charge in [0.15, 0.2) is 0 Å². The SMILES string of the molecule is Cc1nccn1Cc1ccc(NC(=O)c2cccc(OCc3cscn3)c2)cc1. The van der Waals surface area contributed by atoms with Gasteiger partial charge >= 0.3 is 0 Å². The quantitative estimate of drug-likeness (QED) is 0.491. The van der Waals surface area contributed by atoms with E-state index in [1.165, 1.54) is 11.3 Å². The van der Waals surface area contributed by atoms with E-state index in [4.69, 9.17) is 4.74 Å². The second-order valence-electron chi connectivity index (χ2n) is 6.55. The molecule has 0 saturated heterocycles. The van der Waals surface area contributed by atoms with Crippen LogP contribution in [0.25, 0.3) is 0 Å². The second-order valence-corrected chi connectivity index (χ2v) is 7.27. The minimum Gasteiger partial charge on any atom is -0.487 e. The van der Waals surface area contributed by atoms with Gasteiger partial charge in [-0.05, 0) is 42.8 Å². The van der Waals surface area contributed by atoms with E-state index in [-0.39, 0.29) is 5.91 Å². The highest BCUT2D eigenvalue weighted by atomic mass is 32.1. The highest BCUT2D eigenvalue weighted by molar-refractivity contribution is 7.07. The molecule has 0 fully saturated rings. The Morgan fingerprint density at radius 1 is 1.17 bits per heavy atom. The Kier molecular flexibility index (Phi) is 5.67. The van der Waals surface area contributed by atoms with Gasteiger partial charge in [-0.25, -0.2) is 9.97 Å². The number of ether oxygens (including phenoxy) is 1. The number of nitrogens with zero attached hydrogens (tertiary/aromatic N) is 3. The number of aromatic nitrogens is 3. The monoisotopic (exact) mass is 404 g/mol. The van der Waals surface area contributed by atoms with Crippen molar-refractivity contribution in [1.29, 1.82) is 0 Å². The van der Waals surface area contributed by atoms with Crippen molar-refractivity contribution in [2.75, 3.05) is 5.32 Å². The number of imidazole rings is 1. The van der Waals surface area contributed by atoms with Gasteiger partial charge in [-0.3, -0.25) is 4.79 Å². The number of amides is 1. The first kappa shape index (κ1) is 18.9. The summed E-state index contributed by atoms with van der Waals surface area (Å²) in [6, 6.07) is 15.0. The van der Waals surface area contributed by atoms with Gasteiger partial charge in [-0.1, -0.05) is 18.2 Å². The van der Waals surface area contributed by atoms with Crippen LogP contribution in [0.3, 0.4) is 0 Å². The molecule has 29 heavy (non-hydrogen) atoms. The van der Waals surface area contributed by atoms with Crippen LogP contribution in [0.4, 0.5) is 5.69 Å². The average Bonchev–Trinajstić information content (AvgIpc) is 3.40. The number of aryl methyl sites for hydroxylation is 1. The van der Waals surface area contributed by atoms with Gasteiger partial charge in [-0.15, -0.1) is 11.3 Å². The molecule has 2 aromatic carbocycles. The van der Waals surface area contributed by atoms with Crippen LogP contribution >= 0.6 is 11.3 Å². The van der Waals surface area contributed by atoms with E-state index in [1.807, 2.05) is 54.9 Å². The highest BCUT2D eigenvalue weighted by Crippen LogP contribution is 2.18. The zero-order valence-electron chi connectivity index (χ0n) is 15.9. The summed E-state index contributed by atoms with van der Waals surface area (Å²) in [5, 5.41) is 4.87. The maximum Gasteiger partial charge on any atom is 0.255 e. The smallest absolute Gasteiger partial charge is 0.255 e. The predicted octanol–water partition coefficient (Wildman–Crippen LogP) is 4.53. The van der Waals surface area contributed by atoms with Crippen molar-refractivity contribution >= 4 is 22.9 Å². The standard InChI is InChI=1S/C22H20N4O2S/c1-16-23-9-10-26(16)12-17-5-7-19(8-6-17)25-22(27)18-3-2-4-21(11-18)28-13-20-14-29-15-24-20/h2-11,14-15H,12-13H2,1H3,(H,25,27). The molecule has 0 spiro atoms. The van der Waals surface area contributed by atoms with Gasteiger partial charge in [0, 0.05) is 35.6 Å². The molecule has 0 atom stereocenters. The number of thiazole rings is 1. The summed E-state index contributed by atoms with van der Waals surface area (Å²) in [6.07, 6.45) is 3.74. The normalized spacial score (nSPS) is 10.7. The van der Waals surface area contributed by atoms with Crippen molar-refractivity contribution in [2.24, 2.45) is 0 Å². The first-order chi connectivity index (χ1) is 14.2. The number of hydrogen-bond acceptors (Lipinski definition) is 5. The summed E-state index contributed by atoms with van der Waals surface area (Å²) in [5.41, 5.74) is 5.07. The average molecular weight is 404 g/mol.